The Labute approximate surface area is 144 Å². The first-order chi connectivity index (χ1) is 11.7. The van der Waals surface area contributed by atoms with Crippen molar-refractivity contribution >= 4 is 6.09 Å². The lowest BCUT2D eigenvalue weighted by atomic mass is 9.93. The molecule has 2 saturated heterocycles. The van der Waals surface area contributed by atoms with E-state index in [1.54, 1.807) is 4.90 Å². The minimum atomic E-state index is -0.767. The van der Waals surface area contributed by atoms with Crippen molar-refractivity contribution in [2.75, 3.05) is 26.2 Å². The molecule has 0 spiro atoms. The zero-order valence-corrected chi connectivity index (χ0v) is 14.7. The van der Waals surface area contributed by atoms with Crippen molar-refractivity contribution in [2.45, 2.75) is 64.0 Å². The van der Waals surface area contributed by atoms with Gasteiger partial charge in [-0.05, 0) is 51.6 Å². The Kier molecular flexibility index (Phi) is 5.76. The summed E-state index contributed by atoms with van der Waals surface area (Å²) in [7, 11) is 0. The van der Waals surface area contributed by atoms with Crippen LogP contribution in [0.2, 0.25) is 0 Å². The molecule has 2 aliphatic rings. The number of aromatic nitrogens is 2. The molecular weight excluding hydrogens is 304 g/mol. The fourth-order valence-electron chi connectivity index (χ4n) is 4.27. The van der Waals surface area contributed by atoms with Gasteiger partial charge in [0.05, 0.1) is 0 Å². The van der Waals surface area contributed by atoms with E-state index < -0.39 is 6.09 Å². The zero-order chi connectivity index (χ0) is 16.9. The summed E-state index contributed by atoms with van der Waals surface area (Å²) in [5.41, 5.74) is 0. The highest BCUT2D eigenvalue weighted by Gasteiger charge is 2.29. The maximum Gasteiger partial charge on any atom is 0.407 e. The Morgan fingerprint density at radius 1 is 1.21 bits per heavy atom. The number of imidazole rings is 1. The molecule has 0 saturated carbocycles. The second-order valence-electron chi connectivity index (χ2n) is 7.14. The fraction of sp³-hybridized carbons (Fsp3) is 0.778. The maximum absolute atomic E-state index is 11.2. The van der Waals surface area contributed by atoms with Crippen molar-refractivity contribution in [3.63, 3.8) is 0 Å². The summed E-state index contributed by atoms with van der Waals surface area (Å²) in [6, 6.07) is 0.547. The summed E-state index contributed by atoms with van der Waals surface area (Å²) in [5, 5.41) is 9.17. The number of likely N-dealkylation sites (tertiary alicyclic amines) is 2. The van der Waals surface area contributed by atoms with Crippen molar-refractivity contribution in [3.05, 3.63) is 18.2 Å². The average Bonchev–Trinajstić information content (AvgIpc) is 2.90. The van der Waals surface area contributed by atoms with Gasteiger partial charge in [0.25, 0.3) is 0 Å². The van der Waals surface area contributed by atoms with Crippen LogP contribution in [0, 0.1) is 0 Å². The lowest BCUT2D eigenvalue weighted by Gasteiger charge is -2.37. The molecule has 1 aromatic heterocycles. The molecule has 1 amide bonds. The summed E-state index contributed by atoms with van der Waals surface area (Å²) in [4.78, 5) is 19.9. The van der Waals surface area contributed by atoms with Gasteiger partial charge in [-0.2, -0.15) is 0 Å². The first kappa shape index (κ1) is 17.3. The first-order valence-electron chi connectivity index (χ1n) is 9.42. The molecule has 3 heterocycles. The monoisotopic (exact) mass is 334 g/mol. The van der Waals surface area contributed by atoms with Crippen LogP contribution in [-0.4, -0.2) is 62.8 Å². The lowest BCUT2D eigenvalue weighted by Crippen LogP contribution is -2.42. The molecule has 134 valence electrons. The van der Waals surface area contributed by atoms with Crippen molar-refractivity contribution in [1.29, 1.82) is 0 Å². The molecule has 24 heavy (non-hydrogen) atoms. The molecule has 0 aliphatic carbocycles. The van der Waals surface area contributed by atoms with Crippen molar-refractivity contribution in [3.8, 4) is 0 Å². The topological polar surface area (TPSA) is 61.6 Å². The quantitative estimate of drug-likeness (QED) is 0.919. The molecule has 0 radical (unpaired) electrons. The molecule has 2 fully saturated rings. The zero-order valence-electron chi connectivity index (χ0n) is 14.7. The van der Waals surface area contributed by atoms with Crippen LogP contribution in [0.3, 0.4) is 0 Å². The third kappa shape index (κ3) is 3.91. The predicted octanol–water partition coefficient (Wildman–Crippen LogP) is 3.01. The van der Waals surface area contributed by atoms with Crippen LogP contribution in [0.4, 0.5) is 4.79 Å². The van der Waals surface area contributed by atoms with Gasteiger partial charge < -0.3 is 19.5 Å². The maximum atomic E-state index is 11.2. The number of hydrogen-bond acceptors (Lipinski definition) is 3. The summed E-state index contributed by atoms with van der Waals surface area (Å²) in [6.45, 7) is 6.86. The van der Waals surface area contributed by atoms with E-state index in [2.05, 4.69) is 27.6 Å². The summed E-state index contributed by atoms with van der Waals surface area (Å²) in [5.74, 6) is 1.83. The number of carboxylic acid groups (broad SMARTS) is 1. The number of amides is 1. The SMILES string of the molecule is CCCn1ccnc1C1CCN(C2CCCN(C(=O)O)CC2)CC1. The Morgan fingerprint density at radius 2 is 2.00 bits per heavy atom. The summed E-state index contributed by atoms with van der Waals surface area (Å²) < 4.78 is 2.32. The average molecular weight is 334 g/mol. The van der Waals surface area contributed by atoms with E-state index in [0.717, 1.165) is 45.3 Å². The second kappa shape index (κ2) is 8.01. The normalized spacial score (nSPS) is 24.0. The molecule has 0 aromatic carbocycles. The highest BCUT2D eigenvalue weighted by molar-refractivity contribution is 5.64. The lowest BCUT2D eigenvalue weighted by molar-refractivity contribution is 0.130. The van der Waals surface area contributed by atoms with Gasteiger partial charge in [0, 0.05) is 44.0 Å². The molecule has 1 unspecified atom stereocenters. The van der Waals surface area contributed by atoms with E-state index in [1.165, 1.54) is 18.7 Å². The second-order valence-corrected chi connectivity index (χ2v) is 7.14. The molecule has 6 heteroatoms. The van der Waals surface area contributed by atoms with E-state index in [9.17, 15) is 9.90 Å². The van der Waals surface area contributed by atoms with E-state index in [0.29, 0.717) is 25.0 Å². The molecule has 0 bridgehead atoms. The third-order valence-electron chi connectivity index (χ3n) is 5.59. The van der Waals surface area contributed by atoms with Crippen LogP contribution in [0.5, 0.6) is 0 Å². The minimum Gasteiger partial charge on any atom is -0.465 e. The minimum absolute atomic E-state index is 0.547. The molecular formula is C18H30N4O2. The molecule has 6 nitrogen and oxygen atoms in total. The number of aryl methyl sites for hydroxylation is 1. The summed E-state index contributed by atoms with van der Waals surface area (Å²) in [6.07, 6.45) is 9.83. The predicted molar refractivity (Wildman–Crippen MR) is 93.3 cm³/mol. The molecule has 1 N–H and O–H groups in total. The van der Waals surface area contributed by atoms with E-state index in [4.69, 9.17) is 0 Å². The van der Waals surface area contributed by atoms with Crippen molar-refractivity contribution < 1.29 is 9.90 Å². The van der Waals surface area contributed by atoms with Crippen LogP contribution in [0.25, 0.3) is 0 Å². The van der Waals surface area contributed by atoms with Gasteiger partial charge in [-0.1, -0.05) is 6.92 Å². The number of rotatable bonds is 4. The number of carbonyl (C=O) groups is 1. The highest BCUT2D eigenvalue weighted by Crippen LogP contribution is 2.30. The van der Waals surface area contributed by atoms with Crippen LogP contribution in [0.1, 0.15) is 57.2 Å². The number of hydrogen-bond donors (Lipinski definition) is 1. The standard InChI is InChI=1S/C18H30N4O2/c1-2-9-21-14-8-19-17(21)15-5-11-20(12-6-15)16-4-3-10-22(13-7-16)18(23)24/h8,14-16H,2-7,9-13H2,1H3,(H,23,24). The smallest absolute Gasteiger partial charge is 0.407 e. The van der Waals surface area contributed by atoms with Gasteiger partial charge in [-0.15, -0.1) is 0 Å². The van der Waals surface area contributed by atoms with Gasteiger partial charge >= 0.3 is 6.09 Å². The molecule has 1 aromatic rings. The van der Waals surface area contributed by atoms with Gasteiger partial charge in [0.15, 0.2) is 0 Å². The molecule has 3 rings (SSSR count). The van der Waals surface area contributed by atoms with Crippen LogP contribution in [0.15, 0.2) is 12.4 Å². The van der Waals surface area contributed by atoms with Crippen LogP contribution < -0.4 is 0 Å². The Balaban J connectivity index is 1.53. The molecule has 2 aliphatic heterocycles. The fourth-order valence-corrected chi connectivity index (χ4v) is 4.27. The highest BCUT2D eigenvalue weighted by atomic mass is 16.4. The van der Waals surface area contributed by atoms with Crippen molar-refractivity contribution in [1.82, 2.24) is 19.4 Å². The Bertz CT molecular complexity index is 537. The molecule has 1 atom stereocenters. The Hall–Kier alpha value is -1.56. The van der Waals surface area contributed by atoms with Crippen molar-refractivity contribution in [2.24, 2.45) is 0 Å². The van der Waals surface area contributed by atoms with Gasteiger partial charge in [-0.25, -0.2) is 9.78 Å². The van der Waals surface area contributed by atoms with Gasteiger partial charge in [-0.3, -0.25) is 0 Å². The Morgan fingerprint density at radius 3 is 2.71 bits per heavy atom. The van der Waals surface area contributed by atoms with E-state index in [1.807, 2.05) is 6.20 Å². The van der Waals surface area contributed by atoms with Crippen LogP contribution >= 0.6 is 0 Å². The van der Waals surface area contributed by atoms with E-state index >= 15 is 0 Å². The van der Waals surface area contributed by atoms with E-state index in [-0.39, 0.29) is 0 Å². The van der Waals surface area contributed by atoms with Crippen LogP contribution in [-0.2, 0) is 6.54 Å². The largest absolute Gasteiger partial charge is 0.465 e. The summed E-state index contributed by atoms with van der Waals surface area (Å²) >= 11 is 0. The number of piperidine rings is 1. The van der Waals surface area contributed by atoms with Gasteiger partial charge in [0.2, 0.25) is 0 Å². The van der Waals surface area contributed by atoms with Gasteiger partial charge in [0.1, 0.15) is 5.82 Å². The number of nitrogens with zero attached hydrogens (tertiary/aromatic N) is 4. The first-order valence-corrected chi connectivity index (χ1v) is 9.42. The third-order valence-corrected chi connectivity index (χ3v) is 5.59.